The number of imidazole rings is 1. The second-order valence-electron chi connectivity index (χ2n) is 16.7. The minimum atomic E-state index is -0.380. The molecule has 1 heterocycles. The van der Waals surface area contributed by atoms with Crippen LogP contribution in [0.25, 0.3) is 0 Å². The summed E-state index contributed by atoms with van der Waals surface area (Å²) in [6, 6.07) is 7.14. The van der Waals surface area contributed by atoms with Gasteiger partial charge in [-0.25, -0.2) is 0 Å². The average molecular weight is 652 g/mol. The molecular formula is C38H54ClN3O4. The van der Waals surface area contributed by atoms with E-state index in [0.717, 1.165) is 12.1 Å². The fraction of sp³-hybridized carbons (Fsp3) is 0.553. The summed E-state index contributed by atoms with van der Waals surface area (Å²) in [7, 11) is 0. The van der Waals surface area contributed by atoms with E-state index in [0.29, 0.717) is 45.4 Å². The van der Waals surface area contributed by atoms with E-state index in [4.69, 9.17) is 11.8 Å². The zero-order chi connectivity index (χ0) is 35.2. The second-order valence-corrected chi connectivity index (χ2v) is 16.8. The smallest absolute Gasteiger partial charge is 0.223 e. The number of carbonyl (C=O) groups excluding carboxylic acids is 2. The average Bonchev–Trinajstić information content (AvgIpc) is 3.21. The molecule has 2 aromatic carbocycles. The van der Waals surface area contributed by atoms with Crippen LogP contribution in [0.5, 0.6) is 11.5 Å². The van der Waals surface area contributed by atoms with Crippen molar-refractivity contribution in [1.29, 1.82) is 0 Å². The Bertz CT molecular complexity index is 1630. The van der Waals surface area contributed by atoms with Crippen LogP contribution in [0, 0.1) is 0 Å². The van der Waals surface area contributed by atoms with Gasteiger partial charge in [0.25, 0.3) is 0 Å². The Kier molecular flexibility index (Phi) is 10.5. The van der Waals surface area contributed by atoms with Crippen LogP contribution in [0.2, 0.25) is 0 Å². The third-order valence-corrected chi connectivity index (χ3v) is 8.59. The van der Waals surface area contributed by atoms with Gasteiger partial charge in [-0.3, -0.25) is 9.59 Å². The number of rotatable bonds is 8. The maximum Gasteiger partial charge on any atom is 0.223 e. The summed E-state index contributed by atoms with van der Waals surface area (Å²) in [6.45, 7) is 26.2. The number of benzene rings is 2. The molecule has 0 bridgehead atoms. The summed E-state index contributed by atoms with van der Waals surface area (Å²) in [5, 5.41) is 22.3. The van der Waals surface area contributed by atoms with Gasteiger partial charge in [-0.2, -0.15) is 0 Å². The molecule has 0 fully saturated rings. The summed E-state index contributed by atoms with van der Waals surface area (Å²) >= 11 is 6.19. The molecular weight excluding hydrogens is 598 g/mol. The molecule has 3 rings (SSSR count). The largest absolute Gasteiger partial charge is 0.507 e. The number of hydrogen-bond acceptors (Lipinski definition) is 5. The Morgan fingerprint density at radius 2 is 1.02 bits per heavy atom. The number of aromatic nitrogens is 2. The maximum absolute atomic E-state index is 14.0. The Morgan fingerprint density at radius 3 is 1.33 bits per heavy atom. The van der Waals surface area contributed by atoms with E-state index < -0.39 is 0 Å². The zero-order valence-corrected chi connectivity index (χ0v) is 30.9. The summed E-state index contributed by atoms with van der Waals surface area (Å²) < 4.78 is 7.52. The lowest BCUT2D eigenvalue weighted by molar-refractivity contribution is 0.0967. The van der Waals surface area contributed by atoms with Crippen LogP contribution >= 0.6 is 11.8 Å². The highest BCUT2D eigenvalue weighted by Crippen LogP contribution is 2.41. The van der Waals surface area contributed by atoms with Crippen LogP contribution in [0.3, 0.4) is 0 Å². The van der Waals surface area contributed by atoms with E-state index >= 15 is 0 Å². The Morgan fingerprint density at radius 1 is 0.674 bits per heavy atom. The molecule has 0 atom stereocenters. The number of halogens is 1. The van der Waals surface area contributed by atoms with Crippen molar-refractivity contribution in [3.63, 3.8) is 0 Å². The molecule has 8 heteroatoms. The van der Waals surface area contributed by atoms with Crippen LogP contribution in [0.1, 0.15) is 145 Å². The SMILES string of the molecule is CCCc1cn(CC(=O)c2cc(C(C)(C)C)c(O)c(C(C)(C)C)c2)c(=NCl)n1CC(=O)c1cc(C(C)(C)C)c(O)c(C(C)(C)C)c1. The normalized spacial score (nSPS) is 13.4. The van der Waals surface area contributed by atoms with Gasteiger partial charge >= 0.3 is 0 Å². The van der Waals surface area contributed by atoms with Crippen molar-refractivity contribution in [3.05, 3.63) is 75.2 Å². The molecule has 1 aromatic heterocycles. The molecule has 0 spiro atoms. The molecule has 46 heavy (non-hydrogen) atoms. The molecule has 0 aliphatic carbocycles. The van der Waals surface area contributed by atoms with Crippen LogP contribution in [0.15, 0.2) is 35.0 Å². The lowest BCUT2D eigenvalue weighted by Crippen LogP contribution is -2.31. The molecule has 0 amide bonds. The highest BCUT2D eigenvalue weighted by molar-refractivity contribution is 6.14. The summed E-state index contributed by atoms with van der Waals surface area (Å²) in [5.41, 5.74) is 3.48. The number of aromatic hydroxyl groups is 2. The number of ketones is 2. The summed E-state index contributed by atoms with van der Waals surface area (Å²) in [6.07, 6.45) is 3.33. The minimum Gasteiger partial charge on any atom is -0.507 e. The first-order chi connectivity index (χ1) is 20.9. The van der Waals surface area contributed by atoms with Gasteiger partial charge < -0.3 is 19.3 Å². The van der Waals surface area contributed by atoms with Crippen molar-refractivity contribution in [2.75, 3.05) is 0 Å². The first-order valence-electron chi connectivity index (χ1n) is 16.2. The first kappa shape index (κ1) is 37.1. The Hall–Kier alpha value is -3.32. The van der Waals surface area contributed by atoms with Gasteiger partial charge in [-0.15, -0.1) is 4.51 Å². The highest BCUT2D eigenvalue weighted by Gasteiger charge is 2.30. The number of carbonyl (C=O) groups is 2. The van der Waals surface area contributed by atoms with Crippen LogP contribution in [-0.2, 0) is 41.2 Å². The molecule has 0 aliphatic heterocycles. The monoisotopic (exact) mass is 651 g/mol. The maximum atomic E-state index is 14.0. The van der Waals surface area contributed by atoms with Crippen LogP contribution in [-0.4, -0.2) is 30.9 Å². The zero-order valence-electron chi connectivity index (χ0n) is 30.1. The van der Waals surface area contributed by atoms with Gasteiger partial charge in [0.15, 0.2) is 11.6 Å². The van der Waals surface area contributed by atoms with Crippen molar-refractivity contribution in [3.8, 4) is 11.5 Å². The number of nitrogens with zero attached hydrogens (tertiary/aromatic N) is 3. The topological polar surface area (TPSA) is 96.8 Å². The number of phenolic OH excluding ortho intramolecular Hbond substituents is 2. The molecule has 252 valence electrons. The summed E-state index contributed by atoms with van der Waals surface area (Å²) in [5.74, 6) is 0.133. The second kappa shape index (κ2) is 13.1. The van der Waals surface area contributed by atoms with E-state index in [-0.39, 0.29) is 57.8 Å². The minimum absolute atomic E-state index is 0.0262. The van der Waals surface area contributed by atoms with Crippen LogP contribution in [0.4, 0.5) is 0 Å². The van der Waals surface area contributed by atoms with Gasteiger partial charge in [-0.1, -0.05) is 96.4 Å². The predicted molar refractivity (Wildman–Crippen MR) is 188 cm³/mol. The standard InChI is InChI=1S/C38H54ClN3O4/c1-14-15-25-20-41(21-30(43)23-16-26(35(2,3)4)32(45)27(17-23)36(5,6)7)34(40-39)42(25)22-31(44)24-18-28(37(8,9)10)33(46)29(19-24)38(11,12)13/h16-20,45-46H,14-15,21-22H2,1-13H3. The van der Waals surface area contributed by atoms with Crippen molar-refractivity contribution in [2.45, 2.75) is 138 Å². The van der Waals surface area contributed by atoms with Gasteiger partial charge in [0.2, 0.25) is 5.62 Å². The van der Waals surface area contributed by atoms with Crippen molar-refractivity contribution in [1.82, 2.24) is 9.13 Å². The summed E-state index contributed by atoms with van der Waals surface area (Å²) in [4.78, 5) is 27.9. The fourth-order valence-corrected chi connectivity index (χ4v) is 5.98. The predicted octanol–water partition coefficient (Wildman–Crippen LogP) is 8.66. The van der Waals surface area contributed by atoms with Crippen molar-refractivity contribution >= 4 is 23.3 Å². The number of hydrogen-bond donors (Lipinski definition) is 2. The molecule has 0 saturated heterocycles. The molecule has 0 saturated carbocycles. The lowest BCUT2D eigenvalue weighted by Gasteiger charge is -2.28. The van der Waals surface area contributed by atoms with E-state index in [1.54, 1.807) is 33.4 Å². The third-order valence-electron chi connectivity index (χ3n) is 8.44. The lowest BCUT2D eigenvalue weighted by atomic mass is 9.78. The highest BCUT2D eigenvalue weighted by atomic mass is 35.5. The first-order valence-corrected chi connectivity index (χ1v) is 16.5. The Labute approximate surface area is 280 Å². The van der Waals surface area contributed by atoms with Gasteiger partial charge in [-0.05, 0) is 52.3 Å². The van der Waals surface area contributed by atoms with Crippen molar-refractivity contribution in [2.24, 2.45) is 4.51 Å². The van der Waals surface area contributed by atoms with Crippen LogP contribution < -0.4 is 5.62 Å². The van der Waals surface area contributed by atoms with Gasteiger partial charge in [0.05, 0.1) is 13.1 Å². The molecule has 0 aliphatic rings. The van der Waals surface area contributed by atoms with Gasteiger partial charge in [0.1, 0.15) is 11.5 Å². The molecule has 2 N–H and O–H groups in total. The number of aryl methyl sites for hydroxylation is 1. The van der Waals surface area contributed by atoms with Crippen molar-refractivity contribution < 1.29 is 19.8 Å². The number of Topliss-reactive ketones (excluding diaryl/α,β-unsaturated/α-hetero) is 2. The van der Waals surface area contributed by atoms with E-state index in [1.165, 1.54) is 0 Å². The number of phenols is 2. The van der Waals surface area contributed by atoms with E-state index in [2.05, 4.69) is 11.4 Å². The molecule has 0 radical (unpaired) electrons. The third kappa shape index (κ3) is 7.96. The quantitative estimate of drug-likeness (QED) is 0.238. The Balaban J connectivity index is 2.12. The van der Waals surface area contributed by atoms with Gasteiger partial charge in [0, 0.05) is 57.0 Å². The molecule has 7 nitrogen and oxygen atoms in total. The van der Waals surface area contributed by atoms with E-state index in [9.17, 15) is 19.8 Å². The fourth-order valence-electron chi connectivity index (χ4n) is 5.79. The molecule has 0 unspecified atom stereocenters. The van der Waals surface area contributed by atoms with E-state index in [1.807, 2.05) is 89.3 Å². The molecule has 3 aromatic rings.